The average Bonchev–Trinajstić information content (AvgIpc) is 3.10. The first-order valence-corrected chi connectivity index (χ1v) is 11.3. The summed E-state index contributed by atoms with van der Waals surface area (Å²) in [6.07, 6.45) is 1.80. The number of nitrogens with zero attached hydrogens (tertiary/aromatic N) is 3. The highest BCUT2D eigenvalue weighted by Crippen LogP contribution is 2.25. The molecule has 1 aromatic heterocycles. The molecule has 0 fully saturated rings. The zero-order valence-electron chi connectivity index (χ0n) is 16.0. The summed E-state index contributed by atoms with van der Waals surface area (Å²) in [5, 5.41) is 12.8. The van der Waals surface area contributed by atoms with E-state index < -0.39 is 0 Å². The molecule has 1 heterocycles. The summed E-state index contributed by atoms with van der Waals surface area (Å²) >= 11 is 9.16. The molecule has 0 radical (unpaired) electrons. The zero-order chi connectivity index (χ0) is 20.6. The molecule has 2 aromatic carbocycles. The van der Waals surface area contributed by atoms with Gasteiger partial charge in [0.1, 0.15) is 5.82 Å². The topological polar surface area (TPSA) is 59.8 Å². The number of hydrogen-bond acceptors (Lipinski definition) is 5. The number of allylic oxidation sites excluding steroid dienone is 1. The van der Waals surface area contributed by atoms with Gasteiger partial charge in [-0.25, -0.2) is 0 Å². The summed E-state index contributed by atoms with van der Waals surface area (Å²) in [5.41, 5.74) is 1.65. The lowest BCUT2D eigenvalue weighted by atomic mass is 10.2. The van der Waals surface area contributed by atoms with Crippen molar-refractivity contribution in [3.63, 3.8) is 0 Å². The first kappa shape index (κ1) is 21.5. The number of benzene rings is 2. The van der Waals surface area contributed by atoms with Gasteiger partial charge in [0.05, 0.1) is 11.5 Å². The van der Waals surface area contributed by atoms with Crippen LogP contribution in [0.15, 0.2) is 71.2 Å². The molecule has 3 aromatic rings. The summed E-state index contributed by atoms with van der Waals surface area (Å²) in [5.74, 6) is 1.65. The van der Waals surface area contributed by atoms with Crippen LogP contribution in [0.5, 0.6) is 0 Å². The van der Waals surface area contributed by atoms with Crippen LogP contribution in [0.25, 0.3) is 0 Å². The van der Waals surface area contributed by atoms with Crippen LogP contribution < -0.4 is 5.32 Å². The molecule has 8 heteroatoms. The second-order valence-electron chi connectivity index (χ2n) is 6.20. The van der Waals surface area contributed by atoms with Crippen molar-refractivity contribution in [1.82, 2.24) is 14.8 Å². The fraction of sp³-hybridized carbons (Fsp3) is 0.190. The van der Waals surface area contributed by atoms with Gasteiger partial charge in [-0.1, -0.05) is 53.7 Å². The predicted molar refractivity (Wildman–Crippen MR) is 122 cm³/mol. The minimum absolute atomic E-state index is 0.122. The molecule has 0 aliphatic rings. The van der Waals surface area contributed by atoms with Crippen LogP contribution >= 0.6 is 35.1 Å². The highest BCUT2D eigenvalue weighted by atomic mass is 35.5. The average molecular weight is 445 g/mol. The van der Waals surface area contributed by atoms with Crippen molar-refractivity contribution in [3.8, 4) is 0 Å². The molecule has 0 spiro atoms. The minimum atomic E-state index is -0.122. The van der Waals surface area contributed by atoms with Gasteiger partial charge in [0.25, 0.3) is 0 Å². The number of aromatic nitrogens is 3. The number of amides is 1. The summed E-state index contributed by atoms with van der Waals surface area (Å²) in [7, 11) is 0. The fourth-order valence-corrected chi connectivity index (χ4v) is 4.31. The van der Waals surface area contributed by atoms with E-state index >= 15 is 0 Å². The Balaban J connectivity index is 1.60. The molecule has 0 saturated carbocycles. The molecular formula is C21H21ClN4OS2. The van der Waals surface area contributed by atoms with Gasteiger partial charge in [-0.15, -0.1) is 28.5 Å². The maximum atomic E-state index is 12.3. The molecule has 29 heavy (non-hydrogen) atoms. The number of carbonyl (C=O) groups excluding carboxylic acids is 1. The molecule has 0 saturated heterocycles. The quantitative estimate of drug-likeness (QED) is 0.351. The van der Waals surface area contributed by atoms with E-state index in [1.165, 1.54) is 16.7 Å². The summed E-state index contributed by atoms with van der Waals surface area (Å²) in [4.78, 5) is 13.5. The molecule has 1 N–H and O–H groups in total. The van der Waals surface area contributed by atoms with E-state index in [2.05, 4.69) is 34.2 Å². The molecule has 1 amide bonds. The Kier molecular flexibility index (Phi) is 7.80. The number of nitrogens with one attached hydrogen (secondary N) is 1. The Morgan fingerprint density at radius 1 is 1.21 bits per heavy atom. The van der Waals surface area contributed by atoms with Crippen molar-refractivity contribution in [2.24, 2.45) is 0 Å². The number of carbonyl (C=O) groups is 1. The Hall–Kier alpha value is -2.22. The third kappa shape index (κ3) is 6.13. The molecule has 0 aliphatic carbocycles. The van der Waals surface area contributed by atoms with E-state index in [4.69, 9.17) is 11.6 Å². The maximum absolute atomic E-state index is 12.3. The monoisotopic (exact) mass is 444 g/mol. The zero-order valence-corrected chi connectivity index (χ0v) is 18.4. The van der Waals surface area contributed by atoms with Crippen molar-refractivity contribution in [2.45, 2.75) is 29.3 Å². The van der Waals surface area contributed by atoms with Crippen LogP contribution in [0.3, 0.4) is 0 Å². The normalized spacial score (nSPS) is 10.7. The highest BCUT2D eigenvalue weighted by molar-refractivity contribution is 7.99. The summed E-state index contributed by atoms with van der Waals surface area (Å²) in [6.45, 7) is 6.33. The molecule has 0 aliphatic heterocycles. The van der Waals surface area contributed by atoms with Crippen molar-refractivity contribution >= 4 is 46.7 Å². The molecule has 0 bridgehead atoms. The number of thioether (sulfide) groups is 2. The van der Waals surface area contributed by atoms with Gasteiger partial charge < -0.3 is 9.88 Å². The van der Waals surface area contributed by atoms with Crippen LogP contribution in [0.1, 0.15) is 11.4 Å². The van der Waals surface area contributed by atoms with Crippen molar-refractivity contribution < 1.29 is 4.79 Å². The van der Waals surface area contributed by atoms with Gasteiger partial charge in [0, 0.05) is 22.2 Å². The van der Waals surface area contributed by atoms with Crippen LogP contribution in [0, 0.1) is 6.92 Å². The Bertz CT molecular complexity index is 992. The second-order valence-corrected chi connectivity index (χ2v) is 8.60. The molecule has 3 rings (SSSR count). The van der Waals surface area contributed by atoms with Crippen LogP contribution in [-0.2, 0) is 17.1 Å². The first-order valence-electron chi connectivity index (χ1n) is 8.96. The van der Waals surface area contributed by atoms with Gasteiger partial charge in [0.15, 0.2) is 5.16 Å². The lowest BCUT2D eigenvalue weighted by Gasteiger charge is -2.09. The Labute approximate surface area is 183 Å². The molecule has 5 nitrogen and oxygen atoms in total. The van der Waals surface area contributed by atoms with Crippen LogP contribution in [0.4, 0.5) is 5.69 Å². The Morgan fingerprint density at radius 3 is 2.72 bits per heavy atom. The van der Waals surface area contributed by atoms with Crippen molar-refractivity contribution in [1.29, 1.82) is 0 Å². The third-order valence-electron chi connectivity index (χ3n) is 4.00. The maximum Gasteiger partial charge on any atom is 0.234 e. The first-order chi connectivity index (χ1) is 14.1. The van der Waals surface area contributed by atoms with Crippen molar-refractivity contribution in [3.05, 3.63) is 77.6 Å². The lowest BCUT2D eigenvalue weighted by Crippen LogP contribution is -2.14. The SMILES string of the molecule is C=CCn1c(CSc2ccccc2)nnc1SCC(=O)Nc1ccc(C)c(Cl)c1. The van der Waals surface area contributed by atoms with Gasteiger partial charge in [-0.3, -0.25) is 4.79 Å². The Morgan fingerprint density at radius 2 is 2.00 bits per heavy atom. The van der Waals surface area contributed by atoms with Gasteiger partial charge in [0.2, 0.25) is 5.91 Å². The molecule has 0 unspecified atom stereocenters. The van der Waals surface area contributed by atoms with E-state index in [-0.39, 0.29) is 11.7 Å². The van der Waals surface area contributed by atoms with E-state index in [0.717, 1.165) is 11.4 Å². The van der Waals surface area contributed by atoms with Gasteiger partial charge in [-0.05, 0) is 36.8 Å². The lowest BCUT2D eigenvalue weighted by molar-refractivity contribution is -0.113. The van der Waals surface area contributed by atoms with Crippen molar-refractivity contribution in [2.75, 3.05) is 11.1 Å². The number of aryl methyl sites for hydroxylation is 1. The number of anilines is 1. The van der Waals surface area contributed by atoms with Gasteiger partial charge >= 0.3 is 0 Å². The van der Waals surface area contributed by atoms with Gasteiger partial charge in [-0.2, -0.15) is 0 Å². The largest absolute Gasteiger partial charge is 0.325 e. The molecular weight excluding hydrogens is 424 g/mol. The number of halogens is 1. The molecule has 0 atom stereocenters. The molecule has 150 valence electrons. The predicted octanol–water partition coefficient (Wildman–Crippen LogP) is 5.45. The van der Waals surface area contributed by atoms with E-state index in [9.17, 15) is 4.79 Å². The fourth-order valence-electron chi connectivity index (χ4n) is 2.51. The number of rotatable bonds is 9. The minimum Gasteiger partial charge on any atom is -0.325 e. The summed E-state index contributed by atoms with van der Waals surface area (Å²) in [6, 6.07) is 15.6. The van der Waals surface area contributed by atoms with E-state index in [1.807, 2.05) is 41.8 Å². The second kappa shape index (κ2) is 10.5. The number of hydrogen-bond donors (Lipinski definition) is 1. The third-order valence-corrected chi connectivity index (χ3v) is 6.39. The standard InChI is InChI=1S/C21H21ClN4OS2/c1-3-11-26-19(13-28-17-7-5-4-6-8-17)24-25-21(26)29-14-20(27)23-16-10-9-15(2)18(22)12-16/h3-10,12H,1,11,13-14H2,2H3,(H,23,27). The van der Waals surface area contributed by atoms with E-state index in [0.29, 0.717) is 28.2 Å². The van der Waals surface area contributed by atoms with Crippen LogP contribution in [0.2, 0.25) is 5.02 Å². The smallest absolute Gasteiger partial charge is 0.234 e. The summed E-state index contributed by atoms with van der Waals surface area (Å²) < 4.78 is 1.99. The van der Waals surface area contributed by atoms with Crippen LogP contribution in [-0.4, -0.2) is 26.4 Å². The van der Waals surface area contributed by atoms with E-state index in [1.54, 1.807) is 23.9 Å². The highest BCUT2D eigenvalue weighted by Gasteiger charge is 2.14.